The highest BCUT2D eigenvalue weighted by Crippen LogP contribution is 2.04. The van der Waals surface area contributed by atoms with Crippen LogP contribution in [0.4, 0.5) is 0 Å². The lowest BCUT2D eigenvalue weighted by Gasteiger charge is -1.94. The topological polar surface area (TPSA) is 0 Å². The lowest BCUT2D eigenvalue weighted by Crippen LogP contribution is -1.80. The molecule has 10 heavy (non-hydrogen) atoms. The summed E-state index contributed by atoms with van der Waals surface area (Å²) in [6.45, 7) is 4.12. The molecule has 0 rings (SSSR count). The van der Waals surface area contributed by atoms with Crippen LogP contribution in [0.1, 0.15) is 33.1 Å². The van der Waals surface area contributed by atoms with Crippen molar-refractivity contribution < 1.29 is 0 Å². The first kappa shape index (κ1) is 9.91. The molecule has 0 fully saturated rings. The van der Waals surface area contributed by atoms with Crippen LogP contribution in [0.2, 0.25) is 0 Å². The van der Waals surface area contributed by atoms with E-state index in [1.807, 2.05) is 18.7 Å². The zero-order valence-electron chi connectivity index (χ0n) is 6.94. The van der Waals surface area contributed by atoms with Gasteiger partial charge in [0.05, 0.1) is 0 Å². The van der Waals surface area contributed by atoms with Crippen molar-refractivity contribution in [1.29, 1.82) is 0 Å². The largest absolute Gasteiger partial charge is 0.162 e. The van der Waals surface area contributed by atoms with Gasteiger partial charge in [-0.05, 0) is 31.3 Å². The molecule has 0 saturated carbocycles. The van der Waals surface area contributed by atoms with E-state index >= 15 is 0 Å². The number of thioether (sulfide) groups is 1. The van der Waals surface area contributed by atoms with Crippen molar-refractivity contribution in [2.24, 2.45) is 0 Å². The first-order valence-electron chi connectivity index (χ1n) is 3.89. The number of rotatable bonds is 5. The van der Waals surface area contributed by atoms with Crippen LogP contribution in [0.25, 0.3) is 0 Å². The van der Waals surface area contributed by atoms with Crippen LogP contribution in [-0.2, 0) is 0 Å². The molecule has 0 spiro atoms. The Morgan fingerprint density at radius 1 is 1.30 bits per heavy atom. The molecule has 58 valence electrons. The third-order valence-corrected chi connectivity index (χ3v) is 2.39. The van der Waals surface area contributed by atoms with Gasteiger partial charge in [0.1, 0.15) is 0 Å². The van der Waals surface area contributed by atoms with Gasteiger partial charge in [-0.1, -0.05) is 6.92 Å². The minimum atomic E-state index is 1.08. The average molecular weight is 156 g/mol. The van der Waals surface area contributed by atoms with Gasteiger partial charge in [0.2, 0.25) is 0 Å². The molecule has 0 nitrogen and oxygen atoms in total. The molecule has 0 radical (unpaired) electrons. The normalized spacial score (nSPS) is 8.60. The fraction of sp³-hybridized carbons (Fsp3) is 0.778. The molecule has 0 aliphatic rings. The first-order chi connectivity index (χ1) is 4.91. The Labute approximate surface area is 68.8 Å². The molecule has 1 heteroatoms. The van der Waals surface area contributed by atoms with Crippen molar-refractivity contribution in [3.63, 3.8) is 0 Å². The molecule has 0 heterocycles. The van der Waals surface area contributed by atoms with Crippen LogP contribution in [0, 0.1) is 11.8 Å². The molecule has 0 saturated heterocycles. The summed E-state index contributed by atoms with van der Waals surface area (Å²) in [7, 11) is 0. The average Bonchev–Trinajstić information content (AvgIpc) is 1.97. The predicted molar refractivity (Wildman–Crippen MR) is 50.3 cm³/mol. The van der Waals surface area contributed by atoms with E-state index in [-0.39, 0.29) is 0 Å². The second-order valence-electron chi connectivity index (χ2n) is 2.14. The quantitative estimate of drug-likeness (QED) is 0.435. The Bertz CT molecular complexity index is 108. The van der Waals surface area contributed by atoms with Crippen molar-refractivity contribution >= 4 is 11.8 Å². The molecule has 0 aromatic heterocycles. The summed E-state index contributed by atoms with van der Waals surface area (Å²) in [5, 5.41) is 0. The Kier molecular flexibility index (Phi) is 8.83. The van der Waals surface area contributed by atoms with Gasteiger partial charge in [0.25, 0.3) is 0 Å². The van der Waals surface area contributed by atoms with E-state index in [2.05, 4.69) is 18.8 Å². The minimum Gasteiger partial charge on any atom is -0.162 e. The number of hydrogen-bond acceptors (Lipinski definition) is 1. The molecule has 0 aromatic carbocycles. The van der Waals surface area contributed by atoms with E-state index in [4.69, 9.17) is 0 Å². The highest BCUT2D eigenvalue weighted by atomic mass is 32.2. The van der Waals surface area contributed by atoms with Crippen molar-refractivity contribution in [3.05, 3.63) is 0 Å². The fourth-order valence-corrected chi connectivity index (χ4v) is 1.48. The van der Waals surface area contributed by atoms with Gasteiger partial charge in [-0.25, -0.2) is 0 Å². The van der Waals surface area contributed by atoms with Gasteiger partial charge in [-0.3, -0.25) is 0 Å². The monoisotopic (exact) mass is 156 g/mol. The van der Waals surface area contributed by atoms with Gasteiger partial charge < -0.3 is 0 Å². The summed E-state index contributed by atoms with van der Waals surface area (Å²) in [6.07, 6.45) is 3.63. The van der Waals surface area contributed by atoms with Crippen molar-refractivity contribution in [1.82, 2.24) is 0 Å². The van der Waals surface area contributed by atoms with Crippen molar-refractivity contribution in [2.45, 2.75) is 33.1 Å². The Morgan fingerprint density at radius 2 is 2.10 bits per heavy atom. The highest BCUT2D eigenvalue weighted by molar-refractivity contribution is 7.99. The molecule has 0 N–H and O–H groups in total. The third-order valence-electron chi connectivity index (χ3n) is 1.12. The predicted octanol–water partition coefficient (Wildman–Crippen LogP) is 2.93. The summed E-state index contributed by atoms with van der Waals surface area (Å²) in [4.78, 5) is 0. The third kappa shape index (κ3) is 7.91. The van der Waals surface area contributed by atoms with Gasteiger partial charge in [-0.15, -0.1) is 11.8 Å². The molecule has 0 atom stereocenters. The second kappa shape index (κ2) is 8.91. The lowest BCUT2D eigenvalue weighted by molar-refractivity contribution is 0.991. The van der Waals surface area contributed by atoms with Crippen molar-refractivity contribution in [2.75, 3.05) is 11.5 Å². The van der Waals surface area contributed by atoms with Crippen LogP contribution in [-0.4, -0.2) is 11.5 Å². The van der Waals surface area contributed by atoms with Crippen LogP contribution < -0.4 is 0 Å². The van der Waals surface area contributed by atoms with E-state index < -0.39 is 0 Å². The van der Waals surface area contributed by atoms with E-state index in [0.29, 0.717) is 0 Å². The Balaban J connectivity index is 2.82. The second-order valence-corrected chi connectivity index (χ2v) is 3.37. The van der Waals surface area contributed by atoms with E-state index in [9.17, 15) is 0 Å². The summed E-state index contributed by atoms with van der Waals surface area (Å²) in [6, 6.07) is 0. The zero-order valence-corrected chi connectivity index (χ0v) is 7.76. The number of unbranched alkanes of at least 4 members (excludes halogenated alkanes) is 1. The SMILES string of the molecule is CC#CCCCSCCC. The zero-order chi connectivity index (χ0) is 7.66. The summed E-state index contributed by atoms with van der Waals surface area (Å²) < 4.78 is 0. The fourth-order valence-electron chi connectivity index (χ4n) is 0.634. The van der Waals surface area contributed by atoms with Crippen LogP contribution >= 0.6 is 11.8 Å². The highest BCUT2D eigenvalue weighted by Gasteiger charge is 1.84. The minimum absolute atomic E-state index is 1.08. The van der Waals surface area contributed by atoms with E-state index in [1.54, 1.807) is 0 Å². The maximum Gasteiger partial charge on any atom is 0.00964 e. The molecule has 0 aliphatic carbocycles. The smallest absolute Gasteiger partial charge is 0.00964 e. The number of hydrogen-bond donors (Lipinski definition) is 0. The summed E-state index contributed by atoms with van der Waals surface area (Å²) >= 11 is 2.04. The van der Waals surface area contributed by atoms with Gasteiger partial charge in [-0.2, -0.15) is 11.8 Å². The van der Waals surface area contributed by atoms with Gasteiger partial charge >= 0.3 is 0 Å². The molecule has 0 unspecified atom stereocenters. The standard InChI is InChI=1S/C9H16S/c1-3-5-6-7-9-10-8-4-2/h4,6-9H2,1-2H3. The van der Waals surface area contributed by atoms with E-state index in [0.717, 1.165) is 6.42 Å². The lowest BCUT2D eigenvalue weighted by atomic mass is 10.3. The van der Waals surface area contributed by atoms with E-state index in [1.165, 1.54) is 24.3 Å². The molecular formula is C9H16S. The maximum absolute atomic E-state index is 3.06. The molecule has 0 bridgehead atoms. The molecular weight excluding hydrogens is 140 g/mol. The Morgan fingerprint density at radius 3 is 2.70 bits per heavy atom. The Hall–Kier alpha value is -0.0900. The first-order valence-corrected chi connectivity index (χ1v) is 5.04. The molecule has 0 aromatic rings. The van der Waals surface area contributed by atoms with Crippen LogP contribution in [0.3, 0.4) is 0 Å². The maximum atomic E-state index is 3.06. The molecule has 0 aliphatic heterocycles. The van der Waals surface area contributed by atoms with Gasteiger partial charge in [0, 0.05) is 6.42 Å². The summed E-state index contributed by atoms with van der Waals surface area (Å²) in [5.41, 5.74) is 0. The van der Waals surface area contributed by atoms with Crippen molar-refractivity contribution in [3.8, 4) is 11.8 Å². The molecule has 0 amide bonds. The van der Waals surface area contributed by atoms with Gasteiger partial charge in [0.15, 0.2) is 0 Å². The van der Waals surface area contributed by atoms with Crippen LogP contribution in [0.15, 0.2) is 0 Å². The summed E-state index contributed by atoms with van der Waals surface area (Å²) in [5.74, 6) is 8.55. The van der Waals surface area contributed by atoms with Crippen LogP contribution in [0.5, 0.6) is 0 Å².